The SMILES string of the molecule is COC(=O)C(CNc1cccc(Br)c1C)c1ccccc1. The number of nitrogens with one attached hydrogen (secondary N) is 1. The number of carbonyl (C=O) groups excluding carboxylic acids is 1. The second-order valence-corrected chi connectivity index (χ2v) is 5.63. The Kier molecular flexibility index (Phi) is 5.39. The van der Waals surface area contributed by atoms with Crippen LogP contribution in [0.25, 0.3) is 0 Å². The predicted octanol–water partition coefficient (Wildman–Crippen LogP) is 4.13. The van der Waals surface area contributed by atoms with Crippen molar-refractivity contribution in [3.63, 3.8) is 0 Å². The third kappa shape index (κ3) is 3.85. The number of esters is 1. The quantitative estimate of drug-likeness (QED) is 0.826. The smallest absolute Gasteiger partial charge is 0.314 e. The summed E-state index contributed by atoms with van der Waals surface area (Å²) < 4.78 is 5.96. The number of methoxy groups -OCH3 is 1. The van der Waals surface area contributed by atoms with E-state index in [1.165, 1.54) is 7.11 Å². The average molecular weight is 348 g/mol. The molecule has 0 saturated carbocycles. The summed E-state index contributed by atoms with van der Waals surface area (Å²) in [6.07, 6.45) is 0. The van der Waals surface area contributed by atoms with Crippen LogP contribution < -0.4 is 5.32 Å². The first-order valence-corrected chi connectivity index (χ1v) is 7.54. The Morgan fingerprint density at radius 2 is 1.90 bits per heavy atom. The maximum Gasteiger partial charge on any atom is 0.314 e. The summed E-state index contributed by atoms with van der Waals surface area (Å²) in [7, 11) is 1.42. The molecule has 2 aromatic rings. The van der Waals surface area contributed by atoms with Crippen LogP contribution in [0.5, 0.6) is 0 Å². The van der Waals surface area contributed by atoms with Crippen LogP contribution >= 0.6 is 15.9 Å². The van der Waals surface area contributed by atoms with Crippen LogP contribution in [0.1, 0.15) is 17.0 Å². The molecule has 0 aliphatic carbocycles. The lowest BCUT2D eigenvalue weighted by Crippen LogP contribution is -2.22. The van der Waals surface area contributed by atoms with E-state index in [0.717, 1.165) is 21.3 Å². The van der Waals surface area contributed by atoms with Gasteiger partial charge in [0.15, 0.2) is 0 Å². The van der Waals surface area contributed by atoms with Gasteiger partial charge in [-0.1, -0.05) is 52.3 Å². The summed E-state index contributed by atoms with van der Waals surface area (Å²) in [6.45, 7) is 2.52. The van der Waals surface area contributed by atoms with Gasteiger partial charge in [-0.05, 0) is 30.2 Å². The Balaban J connectivity index is 2.17. The largest absolute Gasteiger partial charge is 0.468 e. The average Bonchev–Trinajstić information content (AvgIpc) is 2.52. The van der Waals surface area contributed by atoms with Gasteiger partial charge >= 0.3 is 5.97 Å². The zero-order valence-electron chi connectivity index (χ0n) is 12.1. The minimum Gasteiger partial charge on any atom is -0.468 e. The molecular formula is C17H18BrNO2. The minimum absolute atomic E-state index is 0.235. The van der Waals surface area contributed by atoms with Gasteiger partial charge in [0.25, 0.3) is 0 Å². The molecule has 2 aromatic carbocycles. The van der Waals surface area contributed by atoms with Crippen molar-refractivity contribution in [3.05, 3.63) is 64.1 Å². The number of anilines is 1. The molecule has 0 heterocycles. The molecule has 2 rings (SSSR count). The first-order chi connectivity index (χ1) is 10.1. The van der Waals surface area contributed by atoms with Gasteiger partial charge in [-0.2, -0.15) is 0 Å². The molecule has 1 atom stereocenters. The molecule has 0 bridgehead atoms. The number of halogens is 1. The van der Waals surface area contributed by atoms with Crippen molar-refractivity contribution in [2.24, 2.45) is 0 Å². The molecule has 0 aromatic heterocycles. The van der Waals surface area contributed by atoms with Crippen molar-refractivity contribution < 1.29 is 9.53 Å². The van der Waals surface area contributed by atoms with Crippen LogP contribution in [0, 0.1) is 6.92 Å². The first kappa shape index (κ1) is 15.6. The highest BCUT2D eigenvalue weighted by atomic mass is 79.9. The molecule has 4 heteroatoms. The van der Waals surface area contributed by atoms with Crippen molar-refractivity contribution in [1.29, 1.82) is 0 Å². The third-order valence-corrected chi connectivity index (χ3v) is 4.31. The van der Waals surface area contributed by atoms with Crippen molar-refractivity contribution in [2.75, 3.05) is 19.0 Å². The lowest BCUT2D eigenvalue weighted by molar-refractivity contribution is -0.142. The van der Waals surface area contributed by atoms with E-state index in [0.29, 0.717) is 6.54 Å². The Hall–Kier alpha value is -1.81. The number of ether oxygens (including phenoxy) is 1. The second-order valence-electron chi connectivity index (χ2n) is 4.78. The number of rotatable bonds is 5. The van der Waals surface area contributed by atoms with E-state index in [2.05, 4.69) is 21.2 Å². The van der Waals surface area contributed by atoms with Gasteiger partial charge in [-0.25, -0.2) is 0 Å². The van der Waals surface area contributed by atoms with E-state index in [4.69, 9.17) is 4.74 Å². The van der Waals surface area contributed by atoms with E-state index in [-0.39, 0.29) is 11.9 Å². The fourth-order valence-corrected chi connectivity index (χ4v) is 2.54. The van der Waals surface area contributed by atoms with Crippen LogP contribution in [0.2, 0.25) is 0 Å². The maximum atomic E-state index is 12.0. The number of carbonyl (C=O) groups is 1. The maximum absolute atomic E-state index is 12.0. The van der Waals surface area contributed by atoms with Crippen LogP contribution in [-0.4, -0.2) is 19.6 Å². The molecule has 0 aliphatic rings. The number of hydrogen-bond acceptors (Lipinski definition) is 3. The summed E-state index contributed by atoms with van der Waals surface area (Å²) in [4.78, 5) is 12.0. The summed E-state index contributed by atoms with van der Waals surface area (Å²) in [5, 5.41) is 3.34. The topological polar surface area (TPSA) is 38.3 Å². The van der Waals surface area contributed by atoms with Gasteiger partial charge in [0.2, 0.25) is 0 Å². The summed E-state index contributed by atoms with van der Waals surface area (Å²) in [6, 6.07) is 15.6. The Labute approximate surface area is 133 Å². The molecule has 0 aliphatic heterocycles. The molecule has 1 N–H and O–H groups in total. The van der Waals surface area contributed by atoms with Gasteiger partial charge in [0.05, 0.1) is 13.0 Å². The summed E-state index contributed by atoms with van der Waals surface area (Å²) in [5.41, 5.74) is 3.08. The zero-order chi connectivity index (χ0) is 15.2. The molecular weight excluding hydrogens is 330 g/mol. The van der Waals surface area contributed by atoms with Crippen LogP contribution in [0.3, 0.4) is 0 Å². The normalized spacial score (nSPS) is 11.8. The summed E-state index contributed by atoms with van der Waals surface area (Å²) >= 11 is 3.51. The van der Waals surface area contributed by atoms with Gasteiger partial charge in [0, 0.05) is 16.7 Å². The van der Waals surface area contributed by atoms with E-state index in [1.54, 1.807) is 0 Å². The van der Waals surface area contributed by atoms with E-state index in [1.807, 2.05) is 55.5 Å². The van der Waals surface area contributed by atoms with Gasteiger partial charge < -0.3 is 10.1 Å². The Bertz CT molecular complexity index is 613. The number of hydrogen-bond donors (Lipinski definition) is 1. The second kappa shape index (κ2) is 7.27. The highest BCUT2D eigenvalue weighted by Crippen LogP contribution is 2.25. The highest BCUT2D eigenvalue weighted by Gasteiger charge is 2.21. The Morgan fingerprint density at radius 3 is 2.57 bits per heavy atom. The standard InChI is InChI=1S/C17H18BrNO2/c1-12-15(18)9-6-10-16(12)19-11-14(17(20)21-2)13-7-4-3-5-8-13/h3-10,14,19H,11H2,1-2H3. The van der Waals surface area contributed by atoms with Gasteiger partial charge in [-0.15, -0.1) is 0 Å². The van der Waals surface area contributed by atoms with Crippen molar-refractivity contribution in [3.8, 4) is 0 Å². The molecule has 0 spiro atoms. The van der Waals surface area contributed by atoms with Crippen molar-refractivity contribution >= 4 is 27.6 Å². The summed E-state index contributed by atoms with van der Waals surface area (Å²) in [5.74, 6) is -0.559. The molecule has 0 amide bonds. The van der Waals surface area contributed by atoms with Gasteiger partial charge in [-0.3, -0.25) is 4.79 Å². The lowest BCUT2D eigenvalue weighted by atomic mass is 9.99. The van der Waals surface area contributed by atoms with E-state index >= 15 is 0 Å². The van der Waals surface area contributed by atoms with Crippen molar-refractivity contribution in [1.82, 2.24) is 0 Å². The Morgan fingerprint density at radius 1 is 1.19 bits per heavy atom. The molecule has 1 unspecified atom stereocenters. The fourth-order valence-electron chi connectivity index (χ4n) is 2.18. The van der Waals surface area contributed by atoms with Crippen molar-refractivity contribution in [2.45, 2.75) is 12.8 Å². The van der Waals surface area contributed by atoms with Crippen LogP contribution in [0.4, 0.5) is 5.69 Å². The molecule has 0 radical (unpaired) electrons. The fraction of sp³-hybridized carbons (Fsp3) is 0.235. The molecule has 0 saturated heterocycles. The predicted molar refractivity (Wildman–Crippen MR) is 88.6 cm³/mol. The molecule has 110 valence electrons. The third-order valence-electron chi connectivity index (χ3n) is 3.45. The highest BCUT2D eigenvalue weighted by molar-refractivity contribution is 9.10. The minimum atomic E-state index is -0.324. The molecule has 3 nitrogen and oxygen atoms in total. The lowest BCUT2D eigenvalue weighted by Gasteiger charge is -2.18. The monoisotopic (exact) mass is 347 g/mol. The van der Waals surface area contributed by atoms with E-state index < -0.39 is 0 Å². The van der Waals surface area contributed by atoms with Crippen LogP contribution in [0.15, 0.2) is 53.0 Å². The number of benzene rings is 2. The first-order valence-electron chi connectivity index (χ1n) is 6.75. The van der Waals surface area contributed by atoms with E-state index in [9.17, 15) is 4.79 Å². The molecule has 21 heavy (non-hydrogen) atoms. The zero-order valence-corrected chi connectivity index (χ0v) is 13.7. The molecule has 0 fully saturated rings. The van der Waals surface area contributed by atoms with Gasteiger partial charge in [0.1, 0.15) is 0 Å². The van der Waals surface area contributed by atoms with Crippen LogP contribution in [-0.2, 0) is 9.53 Å².